The summed E-state index contributed by atoms with van der Waals surface area (Å²) < 4.78 is 38.6. The summed E-state index contributed by atoms with van der Waals surface area (Å²) in [5.41, 5.74) is 0.265. The van der Waals surface area contributed by atoms with E-state index in [9.17, 15) is 13.2 Å². The SMILES string of the molecule is COc1ccccc1N(CC(=O)NCCOc1ccccc1Cl)S(=O)(=O)c1ccccc1. The van der Waals surface area contributed by atoms with Gasteiger partial charge in [0.05, 0.1) is 29.3 Å². The highest BCUT2D eigenvalue weighted by Gasteiger charge is 2.29. The van der Waals surface area contributed by atoms with Gasteiger partial charge in [-0.1, -0.05) is 54.1 Å². The molecule has 0 spiro atoms. The standard InChI is InChI=1S/C23H23ClN2O5S/c1-30-22-14-8-6-12-20(22)26(32(28,29)18-9-3-2-4-10-18)17-23(27)25-15-16-31-21-13-7-5-11-19(21)24/h2-14H,15-17H2,1H3,(H,25,27). The van der Waals surface area contributed by atoms with Gasteiger partial charge in [0, 0.05) is 0 Å². The normalized spacial score (nSPS) is 10.9. The average Bonchev–Trinajstić information content (AvgIpc) is 2.82. The molecule has 1 amide bonds. The van der Waals surface area contributed by atoms with Crippen LogP contribution in [-0.2, 0) is 14.8 Å². The molecule has 0 saturated carbocycles. The molecule has 168 valence electrons. The molecular formula is C23H23ClN2O5S. The fourth-order valence-electron chi connectivity index (χ4n) is 2.95. The molecular weight excluding hydrogens is 452 g/mol. The lowest BCUT2D eigenvalue weighted by atomic mass is 10.3. The molecule has 0 aromatic heterocycles. The first kappa shape index (κ1) is 23.4. The number of nitrogens with one attached hydrogen (secondary N) is 1. The molecule has 0 aliphatic heterocycles. The van der Waals surface area contributed by atoms with E-state index in [1.165, 1.54) is 19.2 Å². The third-order valence-corrected chi connectivity index (χ3v) is 6.58. The van der Waals surface area contributed by atoms with Gasteiger partial charge in [0.1, 0.15) is 24.7 Å². The van der Waals surface area contributed by atoms with Gasteiger partial charge in [0.25, 0.3) is 10.0 Å². The van der Waals surface area contributed by atoms with Crippen LogP contribution in [0.5, 0.6) is 11.5 Å². The topological polar surface area (TPSA) is 84.9 Å². The summed E-state index contributed by atoms with van der Waals surface area (Å²) in [7, 11) is -2.57. The van der Waals surface area contributed by atoms with Gasteiger partial charge in [-0.3, -0.25) is 9.10 Å². The third kappa shape index (κ3) is 5.72. The number of benzene rings is 3. The fraction of sp³-hybridized carbons (Fsp3) is 0.174. The number of ether oxygens (including phenoxy) is 2. The van der Waals surface area contributed by atoms with Crippen LogP contribution in [0.1, 0.15) is 0 Å². The Kier molecular flexibility index (Phi) is 7.97. The van der Waals surface area contributed by atoms with E-state index >= 15 is 0 Å². The van der Waals surface area contributed by atoms with Crippen LogP contribution < -0.4 is 19.1 Å². The van der Waals surface area contributed by atoms with Crippen LogP contribution in [0.15, 0.2) is 83.8 Å². The minimum atomic E-state index is -4.02. The van der Waals surface area contributed by atoms with Crippen LogP contribution in [0.3, 0.4) is 0 Å². The first-order chi connectivity index (χ1) is 15.4. The Labute approximate surface area is 192 Å². The Balaban J connectivity index is 1.74. The molecule has 0 atom stereocenters. The van der Waals surface area contributed by atoms with Crippen molar-refractivity contribution in [2.45, 2.75) is 4.90 Å². The second-order valence-electron chi connectivity index (χ2n) is 6.63. The zero-order valence-corrected chi connectivity index (χ0v) is 19.0. The summed E-state index contributed by atoms with van der Waals surface area (Å²) in [6.07, 6.45) is 0. The molecule has 3 aromatic rings. The Hall–Kier alpha value is -3.23. The number of nitrogens with zero attached hydrogens (tertiary/aromatic N) is 1. The molecule has 0 heterocycles. The number of rotatable bonds is 10. The first-order valence-electron chi connectivity index (χ1n) is 9.78. The predicted molar refractivity (Wildman–Crippen MR) is 124 cm³/mol. The van der Waals surface area contributed by atoms with Crippen LogP contribution in [0.25, 0.3) is 0 Å². The zero-order valence-electron chi connectivity index (χ0n) is 17.4. The van der Waals surface area contributed by atoms with E-state index < -0.39 is 22.5 Å². The van der Waals surface area contributed by atoms with Gasteiger partial charge in [-0.15, -0.1) is 0 Å². The summed E-state index contributed by atoms with van der Waals surface area (Å²) >= 11 is 6.04. The van der Waals surface area contributed by atoms with Crippen molar-refractivity contribution in [2.24, 2.45) is 0 Å². The van der Waals surface area contributed by atoms with E-state index in [-0.39, 0.29) is 23.7 Å². The first-order valence-corrected chi connectivity index (χ1v) is 11.6. The molecule has 7 nitrogen and oxygen atoms in total. The van der Waals surface area contributed by atoms with Crippen molar-refractivity contribution in [2.75, 3.05) is 31.1 Å². The van der Waals surface area contributed by atoms with Gasteiger partial charge in [0.15, 0.2) is 0 Å². The number of hydrogen-bond donors (Lipinski definition) is 1. The number of carbonyl (C=O) groups excluding carboxylic acids is 1. The van der Waals surface area contributed by atoms with E-state index in [1.807, 2.05) is 0 Å². The summed E-state index contributed by atoms with van der Waals surface area (Å²) in [6, 6.07) is 21.6. The highest BCUT2D eigenvalue weighted by molar-refractivity contribution is 7.92. The molecule has 3 rings (SSSR count). The maximum absolute atomic E-state index is 13.3. The van der Waals surface area contributed by atoms with E-state index in [0.717, 1.165) is 4.31 Å². The van der Waals surface area contributed by atoms with Crippen LogP contribution in [-0.4, -0.2) is 41.1 Å². The van der Waals surface area contributed by atoms with Crippen molar-refractivity contribution in [3.05, 3.63) is 83.9 Å². The van der Waals surface area contributed by atoms with E-state index in [1.54, 1.807) is 66.7 Å². The number of hydrogen-bond acceptors (Lipinski definition) is 5. The third-order valence-electron chi connectivity index (χ3n) is 4.49. The summed E-state index contributed by atoms with van der Waals surface area (Å²) in [5.74, 6) is 0.353. The zero-order chi connectivity index (χ0) is 23.0. The number of sulfonamides is 1. The average molecular weight is 475 g/mol. The lowest BCUT2D eigenvalue weighted by Gasteiger charge is -2.25. The molecule has 0 unspecified atom stereocenters. The number of carbonyl (C=O) groups is 1. The molecule has 32 heavy (non-hydrogen) atoms. The van der Waals surface area contributed by atoms with Crippen molar-refractivity contribution in [1.82, 2.24) is 5.32 Å². The molecule has 0 radical (unpaired) electrons. The van der Waals surface area contributed by atoms with E-state index in [2.05, 4.69) is 5.32 Å². The second kappa shape index (κ2) is 10.9. The number of anilines is 1. The highest BCUT2D eigenvalue weighted by Crippen LogP contribution is 2.32. The quantitative estimate of drug-likeness (QED) is 0.452. The van der Waals surface area contributed by atoms with Gasteiger partial charge >= 0.3 is 0 Å². The molecule has 0 saturated heterocycles. The molecule has 0 aliphatic rings. The summed E-state index contributed by atoms with van der Waals surface area (Å²) in [6.45, 7) is -0.0749. The lowest BCUT2D eigenvalue weighted by molar-refractivity contribution is -0.119. The highest BCUT2D eigenvalue weighted by atomic mass is 35.5. The van der Waals surface area contributed by atoms with Crippen molar-refractivity contribution in [3.63, 3.8) is 0 Å². The minimum Gasteiger partial charge on any atom is -0.495 e. The van der Waals surface area contributed by atoms with Gasteiger partial charge < -0.3 is 14.8 Å². The number of para-hydroxylation sites is 3. The van der Waals surface area contributed by atoms with E-state index in [0.29, 0.717) is 16.5 Å². The smallest absolute Gasteiger partial charge is 0.264 e. The van der Waals surface area contributed by atoms with Crippen molar-refractivity contribution in [1.29, 1.82) is 0 Å². The Morgan fingerprint density at radius 2 is 1.56 bits per heavy atom. The molecule has 1 N–H and O–H groups in total. The Morgan fingerprint density at radius 3 is 2.25 bits per heavy atom. The fourth-order valence-corrected chi connectivity index (χ4v) is 4.60. The van der Waals surface area contributed by atoms with Crippen molar-refractivity contribution in [3.8, 4) is 11.5 Å². The predicted octanol–water partition coefficient (Wildman–Crippen LogP) is 3.74. The summed E-state index contributed by atoms with van der Waals surface area (Å²) in [5, 5.41) is 3.15. The van der Waals surface area contributed by atoms with E-state index in [4.69, 9.17) is 21.1 Å². The largest absolute Gasteiger partial charge is 0.495 e. The molecule has 0 aliphatic carbocycles. The summed E-state index contributed by atoms with van der Waals surface area (Å²) in [4.78, 5) is 12.7. The number of amides is 1. The lowest BCUT2D eigenvalue weighted by Crippen LogP contribution is -2.42. The number of halogens is 1. The van der Waals surface area contributed by atoms with Gasteiger partial charge in [-0.25, -0.2) is 8.42 Å². The number of methoxy groups -OCH3 is 1. The van der Waals surface area contributed by atoms with Gasteiger partial charge in [-0.2, -0.15) is 0 Å². The van der Waals surface area contributed by atoms with Crippen LogP contribution in [0.2, 0.25) is 5.02 Å². The maximum atomic E-state index is 13.3. The maximum Gasteiger partial charge on any atom is 0.264 e. The van der Waals surface area contributed by atoms with Crippen LogP contribution in [0.4, 0.5) is 5.69 Å². The van der Waals surface area contributed by atoms with Crippen LogP contribution in [0, 0.1) is 0 Å². The second-order valence-corrected chi connectivity index (χ2v) is 8.89. The Bertz CT molecular complexity index is 1160. The van der Waals surface area contributed by atoms with Crippen LogP contribution >= 0.6 is 11.6 Å². The molecule has 9 heteroatoms. The van der Waals surface area contributed by atoms with Crippen molar-refractivity contribution < 1.29 is 22.7 Å². The van der Waals surface area contributed by atoms with Gasteiger partial charge in [0.2, 0.25) is 5.91 Å². The van der Waals surface area contributed by atoms with Gasteiger partial charge in [-0.05, 0) is 36.4 Å². The monoisotopic (exact) mass is 474 g/mol. The Morgan fingerprint density at radius 1 is 0.938 bits per heavy atom. The van der Waals surface area contributed by atoms with Crippen molar-refractivity contribution >= 4 is 33.2 Å². The molecule has 0 fully saturated rings. The molecule has 0 bridgehead atoms. The molecule has 3 aromatic carbocycles. The minimum absolute atomic E-state index is 0.0701.